The van der Waals surface area contributed by atoms with E-state index >= 15 is 0 Å². The molecular formula is C22H21NO7S. The smallest absolute Gasteiger partial charge is 0.337 e. The van der Waals surface area contributed by atoms with Crippen LogP contribution < -0.4 is 0 Å². The maximum atomic E-state index is 12.5. The van der Waals surface area contributed by atoms with Crippen molar-refractivity contribution in [3.8, 4) is 11.3 Å². The number of nitrogens with zero attached hydrogens (tertiary/aromatic N) is 1. The van der Waals surface area contributed by atoms with E-state index in [2.05, 4.69) is 0 Å². The molecule has 2 amide bonds. The van der Waals surface area contributed by atoms with Gasteiger partial charge in [-0.2, -0.15) is 0 Å². The highest BCUT2D eigenvalue weighted by molar-refractivity contribution is 8.18. The van der Waals surface area contributed by atoms with E-state index in [0.29, 0.717) is 22.6 Å². The monoisotopic (exact) mass is 443 g/mol. The number of thioether (sulfide) groups is 1. The first-order valence-corrected chi connectivity index (χ1v) is 10.2. The lowest BCUT2D eigenvalue weighted by Gasteiger charge is -2.13. The van der Waals surface area contributed by atoms with Gasteiger partial charge < -0.3 is 13.9 Å². The van der Waals surface area contributed by atoms with E-state index < -0.39 is 29.6 Å². The van der Waals surface area contributed by atoms with E-state index in [1.165, 1.54) is 13.2 Å². The lowest BCUT2D eigenvalue weighted by molar-refractivity contribution is -0.149. The molecule has 1 aromatic carbocycles. The zero-order chi connectivity index (χ0) is 22.7. The molecular weight excluding hydrogens is 422 g/mol. The van der Waals surface area contributed by atoms with E-state index in [1.807, 2.05) is 6.92 Å². The van der Waals surface area contributed by atoms with Gasteiger partial charge in [-0.25, -0.2) is 4.79 Å². The fourth-order valence-electron chi connectivity index (χ4n) is 2.90. The van der Waals surface area contributed by atoms with E-state index in [1.54, 1.807) is 44.2 Å². The van der Waals surface area contributed by atoms with Gasteiger partial charge in [0.2, 0.25) is 0 Å². The molecule has 31 heavy (non-hydrogen) atoms. The molecule has 1 aliphatic rings. The van der Waals surface area contributed by atoms with Crippen molar-refractivity contribution < 1.29 is 33.1 Å². The lowest BCUT2D eigenvalue weighted by Crippen LogP contribution is -2.35. The van der Waals surface area contributed by atoms with E-state index in [0.717, 1.165) is 22.2 Å². The Kier molecular flexibility index (Phi) is 6.65. The fraction of sp³-hybridized carbons (Fsp3) is 0.273. The van der Waals surface area contributed by atoms with Crippen LogP contribution in [0.2, 0.25) is 0 Å². The SMILES string of the molecule is COC(=O)c1ccc(C)c(-c2ccc(/C=C3/SC(=O)N(CC(=O)OC(C)C)C3=O)o2)c1. The van der Waals surface area contributed by atoms with Crippen molar-refractivity contribution in [1.29, 1.82) is 0 Å². The average molecular weight is 443 g/mol. The summed E-state index contributed by atoms with van der Waals surface area (Å²) < 4.78 is 15.6. The normalized spacial score (nSPS) is 15.1. The minimum atomic E-state index is -0.653. The molecule has 0 radical (unpaired) electrons. The molecule has 2 heterocycles. The van der Waals surface area contributed by atoms with Crippen LogP contribution in [0.1, 0.15) is 35.5 Å². The van der Waals surface area contributed by atoms with Gasteiger partial charge >= 0.3 is 11.9 Å². The molecule has 1 aromatic heterocycles. The number of methoxy groups -OCH3 is 1. The summed E-state index contributed by atoms with van der Waals surface area (Å²) in [5.41, 5.74) is 1.97. The second-order valence-corrected chi connectivity index (χ2v) is 8.02. The Morgan fingerprint density at radius 2 is 1.94 bits per heavy atom. The van der Waals surface area contributed by atoms with Crippen LogP contribution in [0.4, 0.5) is 4.79 Å². The minimum Gasteiger partial charge on any atom is -0.465 e. The number of hydrogen-bond acceptors (Lipinski definition) is 8. The maximum Gasteiger partial charge on any atom is 0.337 e. The van der Waals surface area contributed by atoms with Gasteiger partial charge in [0.25, 0.3) is 11.1 Å². The first kappa shape index (κ1) is 22.4. The first-order chi connectivity index (χ1) is 14.7. The standard InChI is InChI=1S/C22H21NO7S/c1-12(2)29-19(24)11-23-20(25)18(31-22(23)27)10-15-7-8-17(30-15)16-9-14(21(26)28-4)6-5-13(16)3/h5-10,12H,11H2,1-4H3/b18-10+. The number of benzene rings is 1. The molecule has 9 heteroatoms. The molecule has 0 saturated carbocycles. The summed E-state index contributed by atoms with van der Waals surface area (Å²) in [5, 5.41) is -0.551. The Labute approximate surface area is 183 Å². The molecule has 0 spiro atoms. The van der Waals surface area contributed by atoms with Crippen LogP contribution in [0.15, 0.2) is 39.7 Å². The van der Waals surface area contributed by atoms with Crippen LogP contribution in [-0.4, -0.2) is 47.7 Å². The number of rotatable bonds is 6. The predicted molar refractivity (Wildman–Crippen MR) is 114 cm³/mol. The van der Waals surface area contributed by atoms with Gasteiger partial charge in [0, 0.05) is 11.6 Å². The minimum absolute atomic E-state index is 0.142. The predicted octanol–water partition coefficient (Wildman–Crippen LogP) is 4.03. The quantitative estimate of drug-likeness (QED) is 0.487. The van der Waals surface area contributed by atoms with Crippen LogP contribution >= 0.6 is 11.8 Å². The van der Waals surface area contributed by atoms with Gasteiger partial charge in [0.15, 0.2) is 0 Å². The molecule has 0 unspecified atom stereocenters. The molecule has 0 N–H and O–H groups in total. The second-order valence-electron chi connectivity index (χ2n) is 7.03. The molecule has 1 aliphatic heterocycles. The Hall–Kier alpha value is -3.33. The van der Waals surface area contributed by atoms with Gasteiger partial charge in [0.1, 0.15) is 18.1 Å². The summed E-state index contributed by atoms with van der Waals surface area (Å²) >= 11 is 0.725. The van der Waals surface area contributed by atoms with Crippen molar-refractivity contribution in [3.63, 3.8) is 0 Å². The molecule has 1 fully saturated rings. The number of imide groups is 1. The largest absolute Gasteiger partial charge is 0.465 e. The first-order valence-electron chi connectivity index (χ1n) is 9.43. The van der Waals surface area contributed by atoms with Gasteiger partial charge in [-0.1, -0.05) is 6.07 Å². The third-order valence-electron chi connectivity index (χ3n) is 4.35. The zero-order valence-electron chi connectivity index (χ0n) is 17.5. The van der Waals surface area contributed by atoms with Crippen LogP contribution in [-0.2, 0) is 19.1 Å². The van der Waals surface area contributed by atoms with Crippen molar-refractivity contribution in [1.82, 2.24) is 4.90 Å². The summed E-state index contributed by atoms with van der Waals surface area (Å²) in [6.45, 7) is 4.80. The number of amides is 2. The Morgan fingerprint density at radius 3 is 2.61 bits per heavy atom. The highest BCUT2D eigenvalue weighted by atomic mass is 32.2. The number of hydrogen-bond donors (Lipinski definition) is 0. The number of esters is 2. The summed E-state index contributed by atoms with van der Waals surface area (Å²) in [6.07, 6.45) is 1.10. The average Bonchev–Trinajstić information content (AvgIpc) is 3.27. The van der Waals surface area contributed by atoms with Crippen molar-refractivity contribution in [2.45, 2.75) is 26.9 Å². The summed E-state index contributed by atoms with van der Waals surface area (Å²) in [4.78, 5) is 49.3. The van der Waals surface area contributed by atoms with E-state index in [-0.39, 0.29) is 11.0 Å². The molecule has 8 nitrogen and oxygen atoms in total. The Morgan fingerprint density at radius 1 is 1.19 bits per heavy atom. The number of ether oxygens (including phenoxy) is 2. The zero-order valence-corrected chi connectivity index (χ0v) is 18.3. The highest BCUT2D eigenvalue weighted by Crippen LogP contribution is 2.34. The van der Waals surface area contributed by atoms with Crippen LogP contribution in [0.5, 0.6) is 0 Å². The summed E-state index contributed by atoms with van der Waals surface area (Å²) in [7, 11) is 1.31. The summed E-state index contributed by atoms with van der Waals surface area (Å²) in [5.74, 6) is -0.850. The number of furan rings is 1. The van der Waals surface area contributed by atoms with E-state index in [4.69, 9.17) is 13.9 Å². The molecule has 162 valence electrons. The maximum absolute atomic E-state index is 12.5. The van der Waals surface area contributed by atoms with Crippen molar-refractivity contribution in [2.75, 3.05) is 13.7 Å². The third-order valence-corrected chi connectivity index (χ3v) is 5.26. The molecule has 0 atom stereocenters. The van der Waals surface area contributed by atoms with Gasteiger partial charge in [-0.15, -0.1) is 0 Å². The van der Waals surface area contributed by atoms with Crippen LogP contribution in [0.3, 0.4) is 0 Å². The number of carbonyl (C=O) groups excluding carboxylic acids is 4. The summed E-state index contributed by atoms with van der Waals surface area (Å²) in [6, 6.07) is 8.47. The molecule has 0 bridgehead atoms. The van der Waals surface area contributed by atoms with E-state index in [9.17, 15) is 19.2 Å². The van der Waals surface area contributed by atoms with Gasteiger partial charge in [0.05, 0.1) is 23.7 Å². The topological polar surface area (TPSA) is 103 Å². The molecule has 2 aromatic rings. The third kappa shape index (κ3) is 5.05. The molecule has 3 rings (SSSR count). The molecule has 1 saturated heterocycles. The highest BCUT2D eigenvalue weighted by Gasteiger charge is 2.37. The van der Waals surface area contributed by atoms with Crippen molar-refractivity contribution >= 4 is 40.9 Å². The van der Waals surface area contributed by atoms with Gasteiger partial charge in [-0.3, -0.25) is 19.3 Å². The van der Waals surface area contributed by atoms with Crippen LogP contribution in [0, 0.1) is 6.92 Å². The van der Waals surface area contributed by atoms with Crippen molar-refractivity contribution in [3.05, 3.63) is 52.1 Å². The van der Waals surface area contributed by atoms with Crippen LogP contribution in [0.25, 0.3) is 17.4 Å². The number of carbonyl (C=O) groups is 4. The van der Waals surface area contributed by atoms with Crippen molar-refractivity contribution in [2.24, 2.45) is 0 Å². The Balaban J connectivity index is 1.81. The Bertz CT molecular complexity index is 1080. The molecule has 0 aliphatic carbocycles. The van der Waals surface area contributed by atoms with Gasteiger partial charge in [-0.05, 0) is 62.4 Å². The lowest BCUT2D eigenvalue weighted by atomic mass is 10.0. The second kappa shape index (κ2) is 9.22. The number of aryl methyl sites for hydroxylation is 1. The fourth-order valence-corrected chi connectivity index (χ4v) is 3.72.